The number of hydrogen-bond acceptors (Lipinski definition) is 5. The number of nitrogens with zero attached hydrogens (tertiary/aromatic N) is 1. The zero-order chi connectivity index (χ0) is 19.6. The Labute approximate surface area is 156 Å². The number of rotatable bonds is 4. The van der Waals surface area contributed by atoms with E-state index in [1.165, 1.54) is 19.4 Å². The molecular formula is C17H14F3N3O3S. The normalized spacial score (nSPS) is 16.3. The Morgan fingerprint density at radius 3 is 2.85 bits per heavy atom. The maximum absolute atomic E-state index is 12.8. The van der Waals surface area contributed by atoms with Crippen LogP contribution in [0.4, 0.5) is 24.5 Å². The van der Waals surface area contributed by atoms with Gasteiger partial charge in [0.25, 0.3) is 0 Å². The second kappa shape index (κ2) is 7.47. The number of amides is 2. The second-order valence-electron chi connectivity index (χ2n) is 5.62. The molecule has 1 aromatic carbocycles. The Morgan fingerprint density at radius 2 is 2.15 bits per heavy atom. The van der Waals surface area contributed by atoms with Crippen molar-refractivity contribution in [2.75, 3.05) is 17.7 Å². The topological polar surface area (TPSA) is 80.3 Å². The number of alkyl halides is 3. The molecule has 1 aromatic heterocycles. The molecule has 0 unspecified atom stereocenters. The van der Waals surface area contributed by atoms with E-state index >= 15 is 0 Å². The van der Waals surface area contributed by atoms with Crippen molar-refractivity contribution >= 4 is 35.0 Å². The summed E-state index contributed by atoms with van der Waals surface area (Å²) in [6.45, 7) is 0. The van der Waals surface area contributed by atoms with Crippen LogP contribution in [0.1, 0.15) is 12.0 Å². The first-order valence-corrected chi connectivity index (χ1v) is 8.63. The fourth-order valence-electron chi connectivity index (χ4n) is 2.48. The number of carbonyl (C=O) groups is 2. The van der Waals surface area contributed by atoms with E-state index < -0.39 is 28.8 Å². The number of methoxy groups -OCH3 is 1. The van der Waals surface area contributed by atoms with E-state index in [0.717, 1.165) is 23.9 Å². The lowest BCUT2D eigenvalue weighted by molar-refractivity contribution is -0.137. The minimum Gasteiger partial charge on any atom is -0.480 e. The molecule has 27 heavy (non-hydrogen) atoms. The van der Waals surface area contributed by atoms with Gasteiger partial charge in [0.15, 0.2) is 0 Å². The van der Waals surface area contributed by atoms with Crippen molar-refractivity contribution in [3.8, 4) is 5.88 Å². The Balaban J connectivity index is 1.70. The van der Waals surface area contributed by atoms with Crippen LogP contribution in [0.25, 0.3) is 0 Å². The molecule has 2 N–H and O–H groups in total. The number of nitrogens with one attached hydrogen (secondary N) is 2. The lowest BCUT2D eigenvalue weighted by atomic mass is 10.1. The van der Waals surface area contributed by atoms with Gasteiger partial charge in [-0.15, -0.1) is 11.8 Å². The minimum atomic E-state index is -4.50. The van der Waals surface area contributed by atoms with Crippen LogP contribution < -0.4 is 15.4 Å². The number of fused-ring (bicyclic) bond motifs is 1. The fraction of sp³-hybridized carbons (Fsp3) is 0.235. The van der Waals surface area contributed by atoms with Gasteiger partial charge >= 0.3 is 6.18 Å². The number of carbonyl (C=O) groups excluding carboxylic acids is 2. The quantitative estimate of drug-likeness (QED) is 0.825. The lowest BCUT2D eigenvalue weighted by Crippen LogP contribution is -2.32. The van der Waals surface area contributed by atoms with Crippen molar-refractivity contribution in [3.05, 3.63) is 42.1 Å². The largest absolute Gasteiger partial charge is 0.480 e. The standard InChI is InChI=1S/C17H14F3N3O3S/c1-26-16-10(3-2-6-21-16)22-14(24)8-13-15(25)23-11-7-9(17(18,19)20)4-5-12(11)27-13/h2-7,13H,8H2,1H3,(H,22,24)(H,23,25)/t13-/m1/s1. The van der Waals surface area contributed by atoms with Crippen LogP contribution >= 0.6 is 11.8 Å². The van der Waals surface area contributed by atoms with Gasteiger partial charge < -0.3 is 15.4 Å². The molecule has 0 bridgehead atoms. The Kier molecular flexibility index (Phi) is 5.26. The molecule has 0 saturated carbocycles. The van der Waals surface area contributed by atoms with Gasteiger partial charge in [0, 0.05) is 17.5 Å². The minimum absolute atomic E-state index is 0.0883. The number of benzene rings is 1. The Hall–Kier alpha value is -2.75. The highest BCUT2D eigenvalue weighted by molar-refractivity contribution is 8.01. The van der Waals surface area contributed by atoms with Gasteiger partial charge in [-0.3, -0.25) is 9.59 Å². The predicted octanol–water partition coefficient (Wildman–Crippen LogP) is 3.55. The summed E-state index contributed by atoms with van der Waals surface area (Å²) >= 11 is 1.05. The predicted molar refractivity (Wildman–Crippen MR) is 93.8 cm³/mol. The first-order valence-electron chi connectivity index (χ1n) is 7.75. The van der Waals surface area contributed by atoms with Gasteiger partial charge in [-0.25, -0.2) is 4.98 Å². The average molecular weight is 397 g/mol. The summed E-state index contributed by atoms with van der Waals surface area (Å²) in [4.78, 5) is 28.9. The summed E-state index contributed by atoms with van der Waals surface area (Å²) in [5.41, 5.74) is -0.395. The lowest BCUT2D eigenvalue weighted by Gasteiger charge is -2.24. The van der Waals surface area contributed by atoms with E-state index in [9.17, 15) is 22.8 Å². The highest BCUT2D eigenvalue weighted by Gasteiger charge is 2.34. The highest BCUT2D eigenvalue weighted by Crippen LogP contribution is 2.40. The van der Waals surface area contributed by atoms with Crippen LogP contribution in [0, 0.1) is 0 Å². The summed E-state index contributed by atoms with van der Waals surface area (Å²) < 4.78 is 43.4. The molecule has 10 heteroatoms. The number of thioether (sulfide) groups is 1. The number of ether oxygens (including phenoxy) is 1. The number of hydrogen-bond donors (Lipinski definition) is 2. The van der Waals surface area contributed by atoms with E-state index in [0.29, 0.717) is 10.6 Å². The third kappa shape index (κ3) is 4.33. The first kappa shape index (κ1) is 19.0. The van der Waals surface area contributed by atoms with E-state index in [2.05, 4.69) is 15.6 Å². The molecule has 2 amide bonds. The third-order valence-electron chi connectivity index (χ3n) is 3.74. The molecule has 1 aliphatic rings. The molecule has 142 valence electrons. The molecular weight excluding hydrogens is 383 g/mol. The van der Waals surface area contributed by atoms with E-state index in [1.807, 2.05) is 0 Å². The molecule has 3 rings (SSSR count). The van der Waals surface area contributed by atoms with Crippen LogP contribution in [-0.4, -0.2) is 29.2 Å². The monoisotopic (exact) mass is 397 g/mol. The van der Waals surface area contributed by atoms with Crippen molar-refractivity contribution < 1.29 is 27.5 Å². The maximum Gasteiger partial charge on any atom is 0.416 e. The zero-order valence-electron chi connectivity index (χ0n) is 14.0. The number of aromatic nitrogens is 1. The number of anilines is 2. The summed E-state index contributed by atoms with van der Waals surface area (Å²) in [5.74, 6) is -0.735. The molecule has 0 fully saturated rings. The van der Waals surface area contributed by atoms with E-state index in [4.69, 9.17) is 4.74 Å². The molecule has 0 aliphatic carbocycles. The molecule has 0 radical (unpaired) electrons. The molecule has 2 heterocycles. The summed E-state index contributed by atoms with van der Waals surface area (Å²) in [5, 5.41) is 4.28. The smallest absolute Gasteiger partial charge is 0.416 e. The molecule has 2 aromatic rings. The van der Waals surface area contributed by atoms with Gasteiger partial charge in [0.2, 0.25) is 17.7 Å². The average Bonchev–Trinajstić information content (AvgIpc) is 2.61. The van der Waals surface area contributed by atoms with Gasteiger partial charge in [0.1, 0.15) is 5.69 Å². The van der Waals surface area contributed by atoms with E-state index in [1.54, 1.807) is 12.1 Å². The summed E-state index contributed by atoms with van der Waals surface area (Å²) in [6, 6.07) is 6.34. The fourth-order valence-corrected chi connectivity index (χ4v) is 3.57. The van der Waals surface area contributed by atoms with E-state index in [-0.39, 0.29) is 18.0 Å². The van der Waals surface area contributed by atoms with Gasteiger partial charge in [-0.2, -0.15) is 13.2 Å². The first-order chi connectivity index (χ1) is 12.8. The van der Waals surface area contributed by atoms with Crippen LogP contribution in [0.5, 0.6) is 5.88 Å². The zero-order valence-corrected chi connectivity index (χ0v) is 14.8. The van der Waals surface area contributed by atoms with Gasteiger partial charge in [-0.05, 0) is 30.3 Å². The molecule has 1 atom stereocenters. The second-order valence-corrected chi connectivity index (χ2v) is 6.86. The van der Waals surface area contributed by atoms with Gasteiger partial charge in [0.05, 0.1) is 23.6 Å². The van der Waals surface area contributed by atoms with Crippen LogP contribution in [0.15, 0.2) is 41.4 Å². The van der Waals surface area contributed by atoms with Gasteiger partial charge in [-0.1, -0.05) is 0 Å². The molecule has 1 aliphatic heterocycles. The van der Waals surface area contributed by atoms with Crippen LogP contribution in [-0.2, 0) is 15.8 Å². The number of halogens is 3. The van der Waals surface area contributed by atoms with Crippen LogP contribution in [0.2, 0.25) is 0 Å². The summed E-state index contributed by atoms with van der Waals surface area (Å²) in [7, 11) is 1.41. The third-order valence-corrected chi connectivity index (χ3v) is 5.01. The highest BCUT2D eigenvalue weighted by atomic mass is 32.2. The van der Waals surface area contributed by atoms with Crippen molar-refractivity contribution in [2.45, 2.75) is 22.7 Å². The van der Waals surface area contributed by atoms with Crippen molar-refractivity contribution in [2.24, 2.45) is 0 Å². The molecule has 0 saturated heterocycles. The molecule has 0 spiro atoms. The maximum atomic E-state index is 12.8. The SMILES string of the molecule is COc1ncccc1NC(=O)C[C@H]1Sc2ccc(C(F)(F)F)cc2NC1=O. The van der Waals surface area contributed by atoms with Crippen LogP contribution in [0.3, 0.4) is 0 Å². The molecule has 6 nitrogen and oxygen atoms in total. The number of pyridine rings is 1. The summed E-state index contributed by atoms with van der Waals surface area (Å²) in [6.07, 6.45) is -3.15. The van der Waals surface area contributed by atoms with Crippen molar-refractivity contribution in [3.63, 3.8) is 0 Å². The van der Waals surface area contributed by atoms with Crippen molar-refractivity contribution in [1.29, 1.82) is 0 Å². The Bertz CT molecular complexity index is 889. The Morgan fingerprint density at radius 1 is 1.37 bits per heavy atom. The van der Waals surface area contributed by atoms with Crippen molar-refractivity contribution in [1.82, 2.24) is 4.98 Å².